The number of carbonyl (C=O) groups excluding carboxylic acids is 1. The van der Waals surface area contributed by atoms with Gasteiger partial charge in [-0.2, -0.15) is 0 Å². The van der Waals surface area contributed by atoms with Gasteiger partial charge in [0.05, 0.1) is 6.42 Å². The number of urea groups is 1. The number of hydrogen-bond acceptors (Lipinski definition) is 2. The van der Waals surface area contributed by atoms with Crippen molar-refractivity contribution in [3.05, 3.63) is 29.8 Å². The summed E-state index contributed by atoms with van der Waals surface area (Å²) in [6, 6.07) is 7.62. The molecule has 2 rings (SSSR count). The lowest BCUT2D eigenvalue weighted by molar-refractivity contribution is -0.136. The molecule has 19 heavy (non-hydrogen) atoms. The molecule has 0 bridgehead atoms. The first kappa shape index (κ1) is 13.4. The third-order valence-corrected chi connectivity index (χ3v) is 3.21. The van der Waals surface area contributed by atoms with Gasteiger partial charge in [0.2, 0.25) is 0 Å². The number of hydrogen-bond donors (Lipinski definition) is 2. The summed E-state index contributed by atoms with van der Waals surface area (Å²) in [5.41, 5.74) is 2.09. The minimum absolute atomic E-state index is 0.0587. The number of fused-ring (bicyclic) bond motifs is 1. The Hall–Kier alpha value is -2.04. The van der Waals surface area contributed by atoms with E-state index in [9.17, 15) is 9.59 Å². The average molecular weight is 262 g/mol. The minimum atomic E-state index is -0.910. The molecule has 1 unspecified atom stereocenters. The zero-order chi connectivity index (χ0) is 13.8. The number of benzene rings is 1. The second-order valence-electron chi connectivity index (χ2n) is 4.92. The summed E-state index contributed by atoms with van der Waals surface area (Å²) in [7, 11) is 0. The van der Waals surface area contributed by atoms with Gasteiger partial charge < -0.3 is 10.4 Å². The molecule has 1 aliphatic rings. The highest BCUT2D eigenvalue weighted by molar-refractivity contribution is 5.93. The topological polar surface area (TPSA) is 69.6 Å². The van der Waals surface area contributed by atoms with Crippen LogP contribution in [0.1, 0.15) is 18.9 Å². The molecule has 0 radical (unpaired) electrons. The lowest BCUT2D eigenvalue weighted by Gasteiger charge is -2.33. The van der Waals surface area contributed by atoms with E-state index in [0.717, 1.165) is 17.7 Å². The Balaban J connectivity index is 2.07. The maximum atomic E-state index is 12.1. The summed E-state index contributed by atoms with van der Waals surface area (Å²) >= 11 is 0. The Bertz CT molecular complexity index is 487. The maximum Gasteiger partial charge on any atom is 0.321 e. The smallest absolute Gasteiger partial charge is 0.321 e. The zero-order valence-electron chi connectivity index (χ0n) is 10.9. The van der Waals surface area contributed by atoms with Crippen LogP contribution in [0.5, 0.6) is 0 Å². The van der Waals surface area contributed by atoms with Crippen molar-refractivity contribution >= 4 is 17.7 Å². The molecule has 0 fully saturated rings. The molecule has 2 amide bonds. The van der Waals surface area contributed by atoms with E-state index in [1.54, 1.807) is 4.90 Å². The summed E-state index contributed by atoms with van der Waals surface area (Å²) in [5, 5.41) is 11.2. The van der Waals surface area contributed by atoms with Crippen LogP contribution in [0.3, 0.4) is 0 Å². The largest absolute Gasteiger partial charge is 0.481 e. The molecule has 1 aliphatic heterocycles. The minimum Gasteiger partial charge on any atom is -0.481 e. The van der Waals surface area contributed by atoms with Crippen molar-refractivity contribution in [3.8, 4) is 0 Å². The van der Waals surface area contributed by atoms with Crippen molar-refractivity contribution in [3.63, 3.8) is 0 Å². The van der Waals surface area contributed by atoms with Crippen molar-refractivity contribution in [1.82, 2.24) is 5.32 Å². The molecule has 102 valence electrons. The molecule has 5 nitrogen and oxygen atoms in total. The lowest BCUT2D eigenvalue weighted by atomic mass is 9.94. The average Bonchev–Trinajstić information content (AvgIpc) is 2.37. The summed E-state index contributed by atoms with van der Waals surface area (Å²) in [5.74, 6) is -0.507. The standard InChI is InChI=1S/C14H18N2O3/c1-10-8-11-4-2-3-5-12(11)16(9-10)14(19)15-7-6-13(17)18/h2-5,10H,6-9H2,1H3,(H,15,19)(H,17,18). The van der Waals surface area contributed by atoms with Gasteiger partial charge in [0.25, 0.3) is 0 Å². The van der Waals surface area contributed by atoms with Crippen LogP contribution in [0.25, 0.3) is 0 Å². The second kappa shape index (κ2) is 5.73. The number of rotatable bonds is 3. The molecule has 1 heterocycles. The first-order valence-corrected chi connectivity index (χ1v) is 6.43. The van der Waals surface area contributed by atoms with Crippen molar-refractivity contribution in [1.29, 1.82) is 0 Å². The number of carboxylic acids is 1. The Labute approximate surface area is 112 Å². The van der Waals surface area contributed by atoms with Crippen LogP contribution in [0, 0.1) is 5.92 Å². The molecule has 0 saturated carbocycles. The highest BCUT2D eigenvalue weighted by Crippen LogP contribution is 2.29. The van der Waals surface area contributed by atoms with Gasteiger partial charge in [-0.15, -0.1) is 0 Å². The third kappa shape index (κ3) is 3.24. The highest BCUT2D eigenvalue weighted by Gasteiger charge is 2.25. The van der Waals surface area contributed by atoms with Gasteiger partial charge in [0.15, 0.2) is 0 Å². The molecule has 1 aromatic carbocycles. The van der Waals surface area contributed by atoms with E-state index in [0.29, 0.717) is 12.5 Å². The normalized spacial score (nSPS) is 17.7. The Kier molecular flexibility index (Phi) is 4.04. The number of aliphatic carboxylic acids is 1. The Morgan fingerprint density at radius 2 is 2.16 bits per heavy atom. The van der Waals surface area contributed by atoms with Gasteiger partial charge in [-0.1, -0.05) is 25.1 Å². The molecule has 1 aromatic rings. The van der Waals surface area contributed by atoms with Crippen molar-refractivity contribution in [2.75, 3.05) is 18.0 Å². The second-order valence-corrected chi connectivity index (χ2v) is 4.92. The monoisotopic (exact) mass is 262 g/mol. The summed E-state index contributed by atoms with van der Waals surface area (Å²) in [6.07, 6.45) is 0.909. The maximum absolute atomic E-state index is 12.1. The van der Waals surface area contributed by atoms with Crippen LogP contribution in [0.15, 0.2) is 24.3 Å². The predicted molar refractivity (Wildman–Crippen MR) is 72.3 cm³/mol. The van der Waals surface area contributed by atoms with E-state index in [1.165, 1.54) is 0 Å². The predicted octanol–water partition coefficient (Wildman–Crippen LogP) is 1.87. The van der Waals surface area contributed by atoms with Crippen LogP contribution in [0.4, 0.5) is 10.5 Å². The first-order valence-electron chi connectivity index (χ1n) is 6.43. The van der Waals surface area contributed by atoms with Gasteiger partial charge in [0, 0.05) is 18.8 Å². The molecule has 0 aliphatic carbocycles. The molecular weight excluding hydrogens is 244 g/mol. The van der Waals surface area contributed by atoms with E-state index in [2.05, 4.69) is 12.2 Å². The summed E-state index contributed by atoms with van der Waals surface area (Å²) in [6.45, 7) is 2.92. The number of anilines is 1. The van der Waals surface area contributed by atoms with Crippen molar-refractivity contribution in [2.45, 2.75) is 19.8 Å². The Morgan fingerprint density at radius 1 is 1.42 bits per heavy atom. The van der Waals surface area contributed by atoms with Gasteiger partial charge in [0.1, 0.15) is 0 Å². The highest BCUT2D eigenvalue weighted by atomic mass is 16.4. The number of carbonyl (C=O) groups is 2. The number of carboxylic acid groups (broad SMARTS) is 1. The zero-order valence-corrected chi connectivity index (χ0v) is 10.9. The van der Waals surface area contributed by atoms with Crippen LogP contribution >= 0.6 is 0 Å². The van der Waals surface area contributed by atoms with E-state index in [-0.39, 0.29) is 19.0 Å². The quantitative estimate of drug-likeness (QED) is 0.873. The molecule has 0 aromatic heterocycles. The van der Waals surface area contributed by atoms with Gasteiger partial charge in [-0.3, -0.25) is 9.69 Å². The van der Waals surface area contributed by atoms with Crippen LogP contribution in [0.2, 0.25) is 0 Å². The molecular formula is C14H18N2O3. The van der Waals surface area contributed by atoms with Crippen LogP contribution in [-0.4, -0.2) is 30.2 Å². The molecule has 2 N–H and O–H groups in total. The van der Waals surface area contributed by atoms with E-state index in [1.807, 2.05) is 24.3 Å². The number of para-hydroxylation sites is 1. The molecule has 1 atom stereocenters. The summed E-state index contributed by atoms with van der Waals surface area (Å²) < 4.78 is 0. The number of nitrogens with one attached hydrogen (secondary N) is 1. The fourth-order valence-electron chi connectivity index (χ4n) is 2.36. The molecule has 0 saturated heterocycles. The number of nitrogens with zero attached hydrogens (tertiary/aromatic N) is 1. The fraction of sp³-hybridized carbons (Fsp3) is 0.429. The van der Waals surface area contributed by atoms with Crippen LogP contribution in [-0.2, 0) is 11.2 Å². The fourth-order valence-corrected chi connectivity index (χ4v) is 2.36. The molecule has 5 heteroatoms. The van der Waals surface area contributed by atoms with Crippen molar-refractivity contribution in [2.24, 2.45) is 5.92 Å². The first-order chi connectivity index (χ1) is 9.08. The van der Waals surface area contributed by atoms with Gasteiger partial charge >= 0.3 is 12.0 Å². The van der Waals surface area contributed by atoms with E-state index in [4.69, 9.17) is 5.11 Å². The van der Waals surface area contributed by atoms with E-state index >= 15 is 0 Å². The van der Waals surface area contributed by atoms with E-state index < -0.39 is 5.97 Å². The number of amides is 2. The Morgan fingerprint density at radius 3 is 2.89 bits per heavy atom. The summed E-state index contributed by atoms with van der Waals surface area (Å²) in [4.78, 5) is 24.3. The van der Waals surface area contributed by atoms with Crippen molar-refractivity contribution < 1.29 is 14.7 Å². The SMILES string of the molecule is CC1Cc2ccccc2N(C(=O)NCCC(=O)O)C1. The molecule has 0 spiro atoms. The lowest BCUT2D eigenvalue weighted by Crippen LogP contribution is -2.45. The van der Waals surface area contributed by atoms with Gasteiger partial charge in [-0.05, 0) is 24.0 Å². The van der Waals surface area contributed by atoms with Gasteiger partial charge in [-0.25, -0.2) is 4.79 Å². The van der Waals surface area contributed by atoms with Crippen LogP contribution < -0.4 is 10.2 Å². The third-order valence-electron chi connectivity index (χ3n) is 3.21.